The minimum Gasteiger partial charge on any atom is -0.0683 e. The van der Waals surface area contributed by atoms with E-state index in [-0.39, 0.29) is 10.8 Å². The molecule has 0 aliphatic heterocycles. The molecule has 6 aromatic carbocycles. The van der Waals surface area contributed by atoms with Crippen molar-refractivity contribution in [2.75, 3.05) is 0 Å². The van der Waals surface area contributed by atoms with Crippen molar-refractivity contribution in [2.24, 2.45) is 0 Å². The van der Waals surface area contributed by atoms with Gasteiger partial charge in [-0.2, -0.15) is 0 Å². The predicted octanol–water partition coefficient (Wildman–Crippen LogP) is 13.7. The smallest absolute Gasteiger partial charge is 0.0683 e. The van der Waals surface area contributed by atoms with Crippen LogP contribution in [0.3, 0.4) is 0 Å². The lowest BCUT2D eigenvalue weighted by molar-refractivity contribution is 0.549. The van der Waals surface area contributed by atoms with Gasteiger partial charge < -0.3 is 0 Å². The molecule has 0 aromatic heterocycles. The Labute approximate surface area is 310 Å². The summed E-state index contributed by atoms with van der Waals surface area (Å²) in [5.74, 6) is 0. The largest absolute Gasteiger partial charge is 0.0701 e. The molecule has 0 radical (unpaired) electrons. The molecule has 0 nitrogen and oxygen atoms in total. The van der Waals surface area contributed by atoms with Crippen LogP contribution >= 0.6 is 0 Å². The molecule has 0 aliphatic carbocycles. The third kappa shape index (κ3) is 8.80. The fourth-order valence-electron chi connectivity index (χ4n) is 7.15. The third-order valence-corrected chi connectivity index (χ3v) is 10.7. The van der Waals surface area contributed by atoms with E-state index in [9.17, 15) is 0 Å². The van der Waals surface area contributed by atoms with E-state index in [2.05, 4.69) is 199 Å². The minimum absolute atomic E-state index is 0.110. The van der Waals surface area contributed by atoms with E-state index in [1.54, 1.807) is 0 Å². The SMILES string of the molecule is CC.CCc1ccc(C(C)(CC)c2ccc(CC)cc2)cc1.CCc1ccc(C(c2ccccc2)(c2ccccc2)c2ccc(CC)cc2)cc1. The van der Waals surface area contributed by atoms with E-state index in [1.807, 2.05) is 13.8 Å². The van der Waals surface area contributed by atoms with Gasteiger partial charge in [-0.1, -0.05) is 213 Å². The minimum atomic E-state index is -0.346. The number of rotatable bonds is 11. The monoisotopic (exact) mass is 672 g/mol. The maximum atomic E-state index is 2.36. The lowest BCUT2D eigenvalue weighted by atomic mass is 9.65. The first-order valence-electron chi connectivity index (χ1n) is 19.4. The number of benzene rings is 6. The lowest BCUT2D eigenvalue weighted by Crippen LogP contribution is -2.31. The summed E-state index contributed by atoms with van der Waals surface area (Å²) in [6.45, 7) is 17.5. The van der Waals surface area contributed by atoms with E-state index in [4.69, 9.17) is 0 Å². The fourth-order valence-corrected chi connectivity index (χ4v) is 7.15. The Balaban J connectivity index is 0.000000232. The molecule has 0 fully saturated rings. The Morgan fingerprint density at radius 2 is 0.549 bits per heavy atom. The molecule has 0 unspecified atom stereocenters. The van der Waals surface area contributed by atoms with E-state index >= 15 is 0 Å². The Kier molecular flexibility index (Phi) is 14.6. The van der Waals surface area contributed by atoms with Gasteiger partial charge in [-0.25, -0.2) is 0 Å². The first kappa shape index (κ1) is 39.1. The summed E-state index contributed by atoms with van der Waals surface area (Å²) >= 11 is 0. The van der Waals surface area contributed by atoms with Crippen molar-refractivity contribution in [3.63, 3.8) is 0 Å². The highest BCUT2D eigenvalue weighted by Gasteiger charge is 2.38. The van der Waals surface area contributed by atoms with Crippen LogP contribution < -0.4 is 0 Å². The highest BCUT2D eigenvalue weighted by atomic mass is 14.4. The van der Waals surface area contributed by atoms with Crippen molar-refractivity contribution in [3.8, 4) is 0 Å². The molecule has 0 aliphatic rings. The van der Waals surface area contributed by atoms with Crippen LogP contribution in [-0.2, 0) is 36.5 Å². The number of hydrogen-bond acceptors (Lipinski definition) is 0. The molecule has 0 heteroatoms. The topological polar surface area (TPSA) is 0 Å². The molecule has 264 valence electrons. The van der Waals surface area contributed by atoms with Crippen molar-refractivity contribution in [1.82, 2.24) is 0 Å². The van der Waals surface area contributed by atoms with Crippen molar-refractivity contribution in [1.29, 1.82) is 0 Å². The van der Waals surface area contributed by atoms with Gasteiger partial charge in [0.2, 0.25) is 0 Å². The molecule has 6 rings (SSSR count). The Hall–Kier alpha value is -4.68. The van der Waals surface area contributed by atoms with Gasteiger partial charge in [-0.05, 0) is 87.7 Å². The van der Waals surface area contributed by atoms with Crippen LogP contribution in [0.4, 0.5) is 0 Å². The summed E-state index contributed by atoms with van der Waals surface area (Å²) in [5.41, 5.74) is 13.3. The molecule has 0 amide bonds. The standard InChI is InChI=1S/C29H28.C20H26.C2H6/c1-3-23-15-19-27(20-16-23)29(25-11-7-5-8-12-25,26-13-9-6-10-14-26)28-21-17-24(4-2)18-22-28;1-5-16-8-12-18(13-9-16)20(4,7-3)19-14-10-17(6-2)11-15-19;1-2/h5-22H,3-4H2,1-2H3;8-15H,5-7H2,1-4H3;1-2H3. The van der Waals surface area contributed by atoms with Gasteiger partial charge >= 0.3 is 0 Å². The van der Waals surface area contributed by atoms with Crippen LogP contribution in [0.15, 0.2) is 158 Å². The van der Waals surface area contributed by atoms with Crippen LogP contribution in [0.25, 0.3) is 0 Å². The van der Waals surface area contributed by atoms with Gasteiger partial charge in [0.1, 0.15) is 0 Å². The normalized spacial score (nSPS) is 11.1. The molecule has 0 saturated carbocycles. The zero-order valence-electron chi connectivity index (χ0n) is 32.5. The third-order valence-electron chi connectivity index (χ3n) is 10.7. The molecular formula is C51H60. The zero-order valence-corrected chi connectivity index (χ0v) is 32.5. The molecular weight excluding hydrogens is 613 g/mol. The van der Waals surface area contributed by atoms with E-state index in [1.165, 1.54) is 55.6 Å². The quantitative estimate of drug-likeness (QED) is 0.120. The van der Waals surface area contributed by atoms with Crippen LogP contribution in [-0.4, -0.2) is 0 Å². The van der Waals surface area contributed by atoms with E-state index < -0.39 is 0 Å². The van der Waals surface area contributed by atoms with Gasteiger partial charge in [-0.3, -0.25) is 0 Å². The van der Waals surface area contributed by atoms with Crippen molar-refractivity contribution >= 4 is 0 Å². The first-order valence-corrected chi connectivity index (χ1v) is 19.4. The first-order chi connectivity index (χ1) is 24.9. The second kappa shape index (κ2) is 19.1. The van der Waals surface area contributed by atoms with Crippen LogP contribution in [0.1, 0.15) is 117 Å². The fraction of sp³-hybridized carbons (Fsp3) is 0.294. The molecule has 0 N–H and O–H groups in total. The summed E-state index contributed by atoms with van der Waals surface area (Å²) in [6.07, 6.45) is 5.43. The lowest BCUT2D eigenvalue weighted by Gasteiger charge is -2.37. The Morgan fingerprint density at radius 3 is 0.784 bits per heavy atom. The average Bonchev–Trinajstić information content (AvgIpc) is 3.23. The van der Waals surface area contributed by atoms with Crippen LogP contribution in [0.5, 0.6) is 0 Å². The van der Waals surface area contributed by atoms with Gasteiger partial charge in [0.15, 0.2) is 0 Å². The Morgan fingerprint density at radius 1 is 0.314 bits per heavy atom. The number of aryl methyl sites for hydroxylation is 4. The maximum absolute atomic E-state index is 2.36. The van der Waals surface area contributed by atoms with Crippen LogP contribution in [0, 0.1) is 0 Å². The van der Waals surface area contributed by atoms with Crippen molar-refractivity contribution in [2.45, 2.75) is 98.3 Å². The summed E-state index contributed by atoms with van der Waals surface area (Å²) in [5, 5.41) is 0. The van der Waals surface area contributed by atoms with E-state index in [0.29, 0.717) is 0 Å². The molecule has 0 heterocycles. The van der Waals surface area contributed by atoms with E-state index in [0.717, 1.165) is 32.1 Å². The highest BCUT2D eigenvalue weighted by molar-refractivity contribution is 5.60. The maximum Gasteiger partial charge on any atom is 0.0701 e. The molecule has 0 bridgehead atoms. The van der Waals surface area contributed by atoms with Crippen molar-refractivity contribution in [3.05, 3.63) is 213 Å². The van der Waals surface area contributed by atoms with Gasteiger partial charge in [-0.15, -0.1) is 0 Å². The highest BCUT2D eigenvalue weighted by Crippen LogP contribution is 2.45. The predicted molar refractivity (Wildman–Crippen MR) is 223 cm³/mol. The molecule has 0 spiro atoms. The average molecular weight is 673 g/mol. The van der Waals surface area contributed by atoms with Crippen LogP contribution in [0.2, 0.25) is 0 Å². The summed E-state index contributed by atoms with van der Waals surface area (Å²) in [7, 11) is 0. The Bertz CT molecular complexity index is 1690. The number of hydrogen-bond donors (Lipinski definition) is 0. The van der Waals surface area contributed by atoms with Gasteiger partial charge in [0.05, 0.1) is 5.41 Å². The molecule has 51 heavy (non-hydrogen) atoms. The summed E-state index contributed by atoms with van der Waals surface area (Å²) in [6, 6.07) is 58.4. The molecule has 0 saturated heterocycles. The molecule has 0 atom stereocenters. The van der Waals surface area contributed by atoms with Gasteiger partial charge in [0, 0.05) is 5.41 Å². The van der Waals surface area contributed by atoms with Gasteiger partial charge in [0.25, 0.3) is 0 Å². The molecule has 6 aromatic rings. The summed E-state index contributed by atoms with van der Waals surface area (Å²) in [4.78, 5) is 0. The summed E-state index contributed by atoms with van der Waals surface area (Å²) < 4.78 is 0. The second-order valence-corrected chi connectivity index (χ2v) is 13.4. The van der Waals surface area contributed by atoms with Crippen molar-refractivity contribution < 1.29 is 0 Å². The second-order valence-electron chi connectivity index (χ2n) is 13.4. The zero-order chi connectivity index (χ0) is 36.7.